The molecule has 1 unspecified atom stereocenters. The Kier molecular flexibility index (Phi) is 4.74. The van der Waals surface area contributed by atoms with Crippen molar-refractivity contribution < 1.29 is 23.9 Å². The number of rotatable bonds is 5. The summed E-state index contributed by atoms with van der Waals surface area (Å²) in [4.78, 5) is 32.8. The molecule has 0 radical (unpaired) electrons. The third-order valence-electron chi connectivity index (χ3n) is 2.51. The number of hydrogen-bond donors (Lipinski definition) is 2. The van der Waals surface area contributed by atoms with Crippen LogP contribution >= 0.6 is 0 Å². The summed E-state index contributed by atoms with van der Waals surface area (Å²) in [6, 6.07) is 0. The number of ether oxygens (including phenoxy) is 2. The molecule has 0 saturated heterocycles. The fraction of sp³-hybridized carbons (Fsp3) is 0.700. The molecule has 0 heterocycles. The van der Waals surface area contributed by atoms with Crippen molar-refractivity contribution in [3.63, 3.8) is 0 Å². The van der Waals surface area contributed by atoms with E-state index in [2.05, 4.69) is 4.74 Å². The molecule has 17 heavy (non-hydrogen) atoms. The number of nitrogens with two attached hydrogens (primary N) is 2. The van der Waals surface area contributed by atoms with Gasteiger partial charge in [0.05, 0.1) is 6.42 Å². The van der Waals surface area contributed by atoms with Crippen LogP contribution in [0.15, 0.2) is 0 Å². The Hall–Kier alpha value is -1.79. The first-order valence-electron chi connectivity index (χ1n) is 5.44. The number of carbonyl (C=O) groups excluding carboxylic acids is 3. The highest BCUT2D eigenvalue weighted by Gasteiger charge is 2.26. The molecule has 0 aliphatic heterocycles. The minimum absolute atomic E-state index is 0.176. The molecule has 0 aromatic carbocycles. The van der Waals surface area contributed by atoms with Gasteiger partial charge in [0.15, 0.2) is 6.10 Å². The van der Waals surface area contributed by atoms with Crippen LogP contribution < -0.4 is 11.5 Å². The van der Waals surface area contributed by atoms with Gasteiger partial charge in [0.2, 0.25) is 5.91 Å². The van der Waals surface area contributed by atoms with Crippen molar-refractivity contribution in [2.75, 3.05) is 0 Å². The Morgan fingerprint density at radius 2 is 1.76 bits per heavy atom. The maximum absolute atomic E-state index is 11.3. The topological polar surface area (TPSA) is 122 Å². The van der Waals surface area contributed by atoms with Crippen LogP contribution in [0.25, 0.3) is 0 Å². The quantitative estimate of drug-likeness (QED) is 0.649. The van der Waals surface area contributed by atoms with Gasteiger partial charge in [-0.25, -0.2) is 4.79 Å². The average Bonchev–Trinajstić information content (AvgIpc) is 2.68. The van der Waals surface area contributed by atoms with Crippen molar-refractivity contribution in [3.05, 3.63) is 0 Å². The van der Waals surface area contributed by atoms with Crippen molar-refractivity contribution in [1.29, 1.82) is 0 Å². The van der Waals surface area contributed by atoms with Gasteiger partial charge in [0.1, 0.15) is 6.10 Å². The van der Waals surface area contributed by atoms with E-state index in [1.807, 2.05) is 0 Å². The minimum Gasteiger partial charge on any atom is -0.431 e. The Labute approximate surface area is 98.4 Å². The summed E-state index contributed by atoms with van der Waals surface area (Å²) in [5, 5.41) is 0. The molecule has 7 nitrogen and oxygen atoms in total. The van der Waals surface area contributed by atoms with Crippen LogP contribution in [-0.4, -0.2) is 30.2 Å². The van der Waals surface area contributed by atoms with Gasteiger partial charge in [-0.15, -0.1) is 0 Å². The van der Waals surface area contributed by atoms with Crippen LogP contribution in [0.4, 0.5) is 4.79 Å². The van der Waals surface area contributed by atoms with Crippen molar-refractivity contribution in [1.82, 2.24) is 0 Å². The Balaban J connectivity index is 2.40. The molecule has 0 spiro atoms. The van der Waals surface area contributed by atoms with E-state index in [0.717, 1.165) is 25.7 Å². The van der Waals surface area contributed by atoms with E-state index in [0.29, 0.717) is 0 Å². The smallest absolute Gasteiger partial charge is 0.431 e. The molecule has 1 rings (SSSR count). The summed E-state index contributed by atoms with van der Waals surface area (Å²) >= 11 is 0. The second-order valence-corrected chi connectivity index (χ2v) is 3.95. The average molecular weight is 244 g/mol. The van der Waals surface area contributed by atoms with Gasteiger partial charge in [-0.05, 0) is 25.7 Å². The van der Waals surface area contributed by atoms with Crippen LogP contribution in [-0.2, 0) is 19.1 Å². The van der Waals surface area contributed by atoms with Gasteiger partial charge in [-0.3, -0.25) is 9.59 Å². The van der Waals surface area contributed by atoms with E-state index in [1.54, 1.807) is 0 Å². The van der Waals surface area contributed by atoms with Gasteiger partial charge >= 0.3 is 6.16 Å². The molecule has 96 valence electrons. The molecule has 7 heteroatoms. The van der Waals surface area contributed by atoms with E-state index in [1.165, 1.54) is 0 Å². The number of carbonyl (C=O) groups is 3. The first kappa shape index (κ1) is 13.3. The molecule has 1 atom stereocenters. The zero-order valence-corrected chi connectivity index (χ0v) is 9.39. The second kappa shape index (κ2) is 6.07. The third kappa shape index (κ3) is 4.71. The maximum atomic E-state index is 11.3. The highest BCUT2D eigenvalue weighted by atomic mass is 16.7. The third-order valence-corrected chi connectivity index (χ3v) is 2.51. The lowest BCUT2D eigenvalue weighted by Gasteiger charge is -2.15. The van der Waals surface area contributed by atoms with E-state index >= 15 is 0 Å². The molecule has 2 amide bonds. The lowest BCUT2D eigenvalue weighted by atomic mass is 10.2. The molecule has 1 fully saturated rings. The van der Waals surface area contributed by atoms with Crippen LogP contribution in [0.5, 0.6) is 0 Å². The SMILES string of the molecule is NC(=O)CC(OC(=O)OC1CCCC1)C(N)=O. The van der Waals surface area contributed by atoms with E-state index in [9.17, 15) is 14.4 Å². The number of amides is 2. The summed E-state index contributed by atoms with van der Waals surface area (Å²) in [5.74, 6) is -1.70. The summed E-state index contributed by atoms with van der Waals surface area (Å²) in [6.07, 6.45) is 0.609. The van der Waals surface area contributed by atoms with E-state index < -0.39 is 30.5 Å². The highest BCUT2D eigenvalue weighted by Crippen LogP contribution is 2.21. The van der Waals surface area contributed by atoms with Gasteiger partial charge in [0, 0.05) is 0 Å². The van der Waals surface area contributed by atoms with Crippen LogP contribution in [0.2, 0.25) is 0 Å². The summed E-state index contributed by atoms with van der Waals surface area (Å²) in [5.41, 5.74) is 9.85. The van der Waals surface area contributed by atoms with E-state index in [-0.39, 0.29) is 6.10 Å². The van der Waals surface area contributed by atoms with Crippen LogP contribution in [0.3, 0.4) is 0 Å². The molecular formula is C10H16N2O5. The Morgan fingerprint density at radius 1 is 1.18 bits per heavy atom. The summed E-state index contributed by atoms with van der Waals surface area (Å²) < 4.78 is 9.60. The number of hydrogen-bond acceptors (Lipinski definition) is 5. The largest absolute Gasteiger partial charge is 0.509 e. The van der Waals surface area contributed by atoms with Gasteiger partial charge in [-0.2, -0.15) is 0 Å². The Morgan fingerprint density at radius 3 is 2.24 bits per heavy atom. The second-order valence-electron chi connectivity index (χ2n) is 3.95. The van der Waals surface area contributed by atoms with Gasteiger partial charge in [0.25, 0.3) is 5.91 Å². The van der Waals surface area contributed by atoms with Crippen molar-refractivity contribution in [2.45, 2.75) is 44.3 Å². The van der Waals surface area contributed by atoms with E-state index in [4.69, 9.17) is 16.2 Å². The van der Waals surface area contributed by atoms with Crippen molar-refractivity contribution in [2.24, 2.45) is 11.5 Å². The number of primary amides is 2. The minimum atomic E-state index is -1.36. The zero-order chi connectivity index (χ0) is 12.8. The predicted molar refractivity (Wildman–Crippen MR) is 56.6 cm³/mol. The zero-order valence-electron chi connectivity index (χ0n) is 9.39. The summed E-state index contributed by atoms with van der Waals surface area (Å²) in [7, 11) is 0. The predicted octanol–water partition coefficient (Wildman–Crippen LogP) is -0.189. The molecule has 0 aromatic heterocycles. The molecule has 1 aliphatic carbocycles. The molecule has 4 N–H and O–H groups in total. The lowest BCUT2D eigenvalue weighted by molar-refractivity contribution is -0.133. The van der Waals surface area contributed by atoms with Crippen molar-refractivity contribution >= 4 is 18.0 Å². The fourth-order valence-corrected chi connectivity index (χ4v) is 1.67. The van der Waals surface area contributed by atoms with Crippen LogP contribution in [0.1, 0.15) is 32.1 Å². The highest BCUT2D eigenvalue weighted by molar-refractivity contribution is 5.87. The molecule has 0 bridgehead atoms. The molecule has 0 aromatic rings. The monoisotopic (exact) mass is 244 g/mol. The van der Waals surface area contributed by atoms with Crippen molar-refractivity contribution in [3.8, 4) is 0 Å². The summed E-state index contributed by atoms with van der Waals surface area (Å²) in [6.45, 7) is 0. The first-order chi connectivity index (χ1) is 7.99. The normalized spacial score (nSPS) is 17.4. The standard InChI is InChI=1S/C10H16N2O5/c11-8(13)5-7(9(12)14)17-10(15)16-6-3-1-2-4-6/h6-7H,1-5H2,(H2,11,13)(H2,12,14). The van der Waals surface area contributed by atoms with Crippen LogP contribution in [0, 0.1) is 0 Å². The Bertz CT molecular complexity index is 312. The lowest BCUT2D eigenvalue weighted by Crippen LogP contribution is -2.37. The fourth-order valence-electron chi connectivity index (χ4n) is 1.67. The molecular weight excluding hydrogens is 228 g/mol. The van der Waals surface area contributed by atoms with Gasteiger partial charge < -0.3 is 20.9 Å². The first-order valence-corrected chi connectivity index (χ1v) is 5.44. The van der Waals surface area contributed by atoms with Gasteiger partial charge in [-0.1, -0.05) is 0 Å². The maximum Gasteiger partial charge on any atom is 0.509 e. The molecule has 1 aliphatic rings. The molecule has 1 saturated carbocycles.